The van der Waals surface area contributed by atoms with Gasteiger partial charge in [-0.05, 0) is 37.3 Å². The molecule has 0 aliphatic rings. The second-order valence-electron chi connectivity index (χ2n) is 4.37. The summed E-state index contributed by atoms with van der Waals surface area (Å²) in [6.07, 6.45) is -1.72. The average molecular weight is 316 g/mol. The van der Waals surface area contributed by atoms with E-state index < -0.39 is 17.7 Å². The minimum atomic E-state index is -4.42. The van der Waals surface area contributed by atoms with Gasteiger partial charge in [-0.25, -0.2) is 0 Å². The molecule has 4 nitrogen and oxygen atoms in total. The summed E-state index contributed by atoms with van der Waals surface area (Å²) in [4.78, 5) is 21.6. The van der Waals surface area contributed by atoms with E-state index in [2.05, 4.69) is 0 Å². The molecular formula is C15H15F3O4. The van der Waals surface area contributed by atoms with Crippen LogP contribution in [0.1, 0.15) is 18.9 Å². The third-order valence-electron chi connectivity index (χ3n) is 2.41. The molecule has 0 saturated heterocycles. The first-order valence-electron chi connectivity index (χ1n) is 6.39. The van der Waals surface area contributed by atoms with Crippen molar-refractivity contribution in [2.45, 2.75) is 19.5 Å². The number of Topliss-reactive ketones (excluding diaryl/α,β-unsaturated/α-hetero) is 1. The van der Waals surface area contributed by atoms with Crippen molar-refractivity contribution in [1.82, 2.24) is 0 Å². The minimum Gasteiger partial charge on any atom is -0.490 e. The topological polar surface area (TPSA) is 52.6 Å². The lowest BCUT2D eigenvalue weighted by atomic mass is 10.2. The van der Waals surface area contributed by atoms with E-state index in [1.807, 2.05) is 0 Å². The monoisotopic (exact) mass is 316 g/mol. The maximum atomic E-state index is 12.5. The van der Waals surface area contributed by atoms with E-state index in [1.165, 1.54) is 31.2 Å². The molecular weight excluding hydrogens is 301 g/mol. The number of benzene rings is 1. The van der Waals surface area contributed by atoms with Crippen molar-refractivity contribution in [3.05, 3.63) is 42.0 Å². The predicted octanol–water partition coefficient (Wildman–Crippen LogP) is 3.16. The van der Waals surface area contributed by atoms with Crippen molar-refractivity contribution >= 4 is 11.8 Å². The quantitative estimate of drug-likeness (QED) is 0.440. The van der Waals surface area contributed by atoms with Crippen LogP contribution >= 0.6 is 0 Å². The number of ether oxygens (including phenoxy) is 2. The smallest absolute Gasteiger partial charge is 0.416 e. The molecule has 0 saturated carbocycles. The Morgan fingerprint density at radius 2 is 1.86 bits per heavy atom. The molecule has 0 heterocycles. The van der Waals surface area contributed by atoms with E-state index in [0.29, 0.717) is 0 Å². The second kappa shape index (κ2) is 8.21. The molecule has 0 aliphatic carbocycles. The van der Waals surface area contributed by atoms with Crippen LogP contribution in [0.5, 0.6) is 5.75 Å². The van der Waals surface area contributed by atoms with Crippen LogP contribution in [0, 0.1) is 0 Å². The molecule has 120 valence electrons. The Balaban J connectivity index is 2.34. The number of carbonyl (C=O) groups is 2. The van der Waals surface area contributed by atoms with Crippen LogP contribution in [-0.4, -0.2) is 25.0 Å². The highest BCUT2D eigenvalue weighted by Crippen LogP contribution is 2.31. The first-order chi connectivity index (χ1) is 10.3. The van der Waals surface area contributed by atoms with Crippen LogP contribution in [0.15, 0.2) is 36.4 Å². The zero-order valence-corrected chi connectivity index (χ0v) is 11.9. The number of rotatable bonds is 7. The van der Waals surface area contributed by atoms with Crippen molar-refractivity contribution in [2.24, 2.45) is 0 Å². The molecule has 0 aromatic heterocycles. The number of ketones is 1. The molecule has 0 fully saturated rings. The summed E-state index contributed by atoms with van der Waals surface area (Å²) >= 11 is 0. The van der Waals surface area contributed by atoms with Crippen molar-refractivity contribution < 1.29 is 32.2 Å². The normalized spacial score (nSPS) is 11.5. The predicted molar refractivity (Wildman–Crippen MR) is 72.3 cm³/mol. The van der Waals surface area contributed by atoms with Crippen LogP contribution in [0.25, 0.3) is 0 Å². The summed E-state index contributed by atoms with van der Waals surface area (Å²) in [5.74, 6) is -0.828. The fourth-order valence-corrected chi connectivity index (χ4v) is 1.44. The van der Waals surface area contributed by atoms with Gasteiger partial charge in [0, 0.05) is 0 Å². The lowest BCUT2D eigenvalue weighted by Crippen LogP contribution is -2.08. The average Bonchev–Trinajstić information content (AvgIpc) is 2.41. The Hall–Kier alpha value is -2.31. The van der Waals surface area contributed by atoms with Gasteiger partial charge in [0.1, 0.15) is 31.2 Å². The molecule has 0 spiro atoms. The molecule has 22 heavy (non-hydrogen) atoms. The van der Waals surface area contributed by atoms with Gasteiger partial charge in [-0.2, -0.15) is 13.2 Å². The van der Waals surface area contributed by atoms with E-state index in [1.54, 1.807) is 0 Å². The van der Waals surface area contributed by atoms with Crippen molar-refractivity contribution in [2.75, 3.05) is 13.2 Å². The summed E-state index contributed by atoms with van der Waals surface area (Å²) < 4.78 is 47.3. The van der Waals surface area contributed by atoms with Crippen LogP contribution in [0.2, 0.25) is 0 Å². The maximum absolute atomic E-state index is 12.5. The number of alkyl halides is 3. The lowest BCUT2D eigenvalue weighted by Gasteiger charge is -2.08. The van der Waals surface area contributed by atoms with Crippen LogP contribution in [-0.2, 0) is 20.5 Å². The van der Waals surface area contributed by atoms with Gasteiger partial charge in [0.2, 0.25) is 0 Å². The first-order valence-corrected chi connectivity index (χ1v) is 6.39. The number of hydrogen-bond acceptors (Lipinski definition) is 4. The van der Waals surface area contributed by atoms with Gasteiger partial charge in [-0.3, -0.25) is 9.59 Å². The van der Waals surface area contributed by atoms with Crippen LogP contribution in [0.4, 0.5) is 13.2 Å². The summed E-state index contributed by atoms with van der Waals surface area (Å²) in [6, 6.07) is 4.53. The third kappa shape index (κ3) is 6.92. The van der Waals surface area contributed by atoms with E-state index in [0.717, 1.165) is 12.1 Å². The highest BCUT2D eigenvalue weighted by molar-refractivity contribution is 5.94. The standard InChI is InChI=1S/C15H15F3O4/c1-11(19)9-14(20)22-8-3-2-7-21-13-6-4-5-12(10-13)15(16,17)18/h2-6,10H,7-9H2,1H3. The molecule has 0 bridgehead atoms. The Labute approximate surface area is 125 Å². The highest BCUT2D eigenvalue weighted by Gasteiger charge is 2.30. The van der Waals surface area contributed by atoms with Crippen molar-refractivity contribution in [3.63, 3.8) is 0 Å². The Bertz CT molecular complexity index is 550. The molecule has 7 heteroatoms. The van der Waals surface area contributed by atoms with Crippen LogP contribution in [0.3, 0.4) is 0 Å². The largest absolute Gasteiger partial charge is 0.490 e. The molecule has 0 radical (unpaired) electrons. The van der Waals surface area contributed by atoms with Gasteiger partial charge in [0.25, 0.3) is 0 Å². The molecule has 1 rings (SSSR count). The summed E-state index contributed by atoms with van der Waals surface area (Å²) in [5, 5.41) is 0. The molecule has 1 aromatic rings. The Morgan fingerprint density at radius 1 is 1.18 bits per heavy atom. The lowest BCUT2D eigenvalue weighted by molar-refractivity contribution is -0.144. The maximum Gasteiger partial charge on any atom is 0.416 e. The Morgan fingerprint density at radius 3 is 2.50 bits per heavy atom. The van der Waals surface area contributed by atoms with E-state index >= 15 is 0 Å². The van der Waals surface area contributed by atoms with Gasteiger partial charge in [-0.1, -0.05) is 6.07 Å². The van der Waals surface area contributed by atoms with E-state index in [9.17, 15) is 22.8 Å². The fourth-order valence-electron chi connectivity index (χ4n) is 1.44. The molecule has 0 atom stereocenters. The SMILES string of the molecule is CC(=O)CC(=O)OCC=CCOc1cccc(C(F)(F)F)c1. The number of carbonyl (C=O) groups excluding carboxylic acids is 2. The minimum absolute atomic E-state index is 0.0297. The third-order valence-corrected chi connectivity index (χ3v) is 2.41. The van der Waals surface area contributed by atoms with Gasteiger partial charge >= 0.3 is 12.1 Å². The molecule has 0 unspecified atom stereocenters. The van der Waals surface area contributed by atoms with E-state index in [-0.39, 0.29) is 31.2 Å². The number of esters is 1. The van der Waals surface area contributed by atoms with Crippen molar-refractivity contribution in [1.29, 1.82) is 0 Å². The zero-order chi connectivity index (χ0) is 16.6. The van der Waals surface area contributed by atoms with Gasteiger partial charge < -0.3 is 9.47 Å². The van der Waals surface area contributed by atoms with Gasteiger partial charge in [-0.15, -0.1) is 0 Å². The first kappa shape index (κ1) is 17.7. The van der Waals surface area contributed by atoms with Crippen molar-refractivity contribution in [3.8, 4) is 5.75 Å². The highest BCUT2D eigenvalue weighted by atomic mass is 19.4. The number of halogens is 3. The molecule has 1 aromatic carbocycles. The molecule has 0 aliphatic heterocycles. The van der Waals surface area contributed by atoms with Crippen LogP contribution < -0.4 is 4.74 Å². The molecule has 0 N–H and O–H groups in total. The fraction of sp³-hybridized carbons (Fsp3) is 0.333. The summed E-state index contributed by atoms with van der Waals surface area (Å²) in [5.41, 5.74) is -0.785. The van der Waals surface area contributed by atoms with Gasteiger partial charge in [0.15, 0.2) is 0 Å². The Kier molecular flexibility index (Phi) is 6.62. The summed E-state index contributed by atoms with van der Waals surface area (Å²) in [6.45, 7) is 1.28. The molecule has 0 amide bonds. The van der Waals surface area contributed by atoms with E-state index in [4.69, 9.17) is 9.47 Å². The second-order valence-corrected chi connectivity index (χ2v) is 4.37. The summed E-state index contributed by atoms with van der Waals surface area (Å²) in [7, 11) is 0. The van der Waals surface area contributed by atoms with Gasteiger partial charge in [0.05, 0.1) is 5.56 Å². The number of hydrogen-bond donors (Lipinski definition) is 0. The zero-order valence-electron chi connectivity index (χ0n) is 11.9.